The number of hydrogen-bond donors (Lipinski definition) is 1. The number of benzene rings is 3. The van der Waals surface area contributed by atoms with Crippen molar-refractivity contribution in [2.24, 2.45) is 5.73 Å². The second-order valence-corrected chi connectivity index (χ2v) is 9.67. The van der Waals surface area contributed by atoms with Gasteiger partial charge in [0, 0.05) is 0 Å². The summed E-state index contributed by atoms with van der Waals surface area (Å²) in [7, 11) is -2.19. The molecule has 0 fully saturated rings. The van der Waals surface area contributed by atoms with Crippen LogP contribution >= 0.6 is 7.26 Å². The second kappa shape index (κ2) is 7.63. The second-order valence-electron chi connectivity index (χ2n) is 6.06. The Morgan fingerprint density at radius 1 is 0.760 bits per heavy atom. The lowest BCUT2D eigenvalue weighted by molar-refractivity contribution is -0.117. The Kier molecular flexibility index (Phi) is 5.31. The van der Waals surface area contributed by atoms with Crippen molar-refractivity contribution in [2.75, 3.05) is 0 Å². The average molecular weight is 348 g/mol. The van der Waals surface area contributed by atoms with Gasteiger partial charge < -0.3 is 5.73 Å². The van der Waals surface area contributed by atoms with Gasteiger partial charge in [0.1, 0.15) is 23.2 Å². The topological polar surface area (TPSA) is 43.1 Å². The molecule has 3 aromatic rings. The Bertz CT molecular complexity index is 722. The minimum atomic E-state index is -2.19. The van der Waals surface area contributed by atoms with Gasteiger partial charge in [-0.3, -0.25) is 4.79 Å². The van der Waals surface area contributed by atoms with Crippen molar-refractivity contribution in [1.29, 1.82) is 0 Å². The fourth-order valence-electron chi connectivity index (χ4n) is 3.64. The zero-order valence-corrected chi connectivity index (χ0v) is 15.3. The third kappa shape index (κ3) is 3.10. The van der Waals surface area contributed by atoms with E-state index in [1.54, 1.807) is 0 Å². The van der Waals surface area contributed by atoms with Gasteiger partial charge in [0.15, 0.2) is 5.66 Å². The van der Waals surface area contributed by atoms with Crippen molar-refractivity contribution in [3.05, 3.63) is 91.0 Å². The Balaban J connectivity index is 2.42. The maximum atomic E-state index is 12.5. The van der Waals surface area contributed by atoms with Gasteiger partial charge in [0.25, 0.3) is 5.91 Å². The molecule has 2 nitrogen and oxygen atoms in total. The van der Waals surface area contributed by atoms with E-state index in [-0.39, 0.29) is 11.6 Å². The van der Waals surface area contributed by atoms with Crippen LogP contribution in [0.25, 0.3) is 0 Å². The number of rotatable bonds is 6. The Morgan fingerprint density at radius 3 is 1.32 bits per heavy atom. The molecule has 0 heterocycles. The highest BCUT2D eigenvalue weighted by atomic mass is 31.2. The predicted molar refractivity (Wildman–Crippen MR) is 108 cm³/mol. The van der Waals surface area contributed by atoms with Gasteiger partial charge >= 0.3 is 0 Å². The molecule has 3 rings (SSSR count). The van der Waals surface area contributed by atoms with E-state index in [1.165, 1.54) is 15.9 Å². The zero-order chi connectivity index (χ0) is 17.7. The molecule has 0 aromatic heterocycles. The number of carbonyl (C=O) groups excluding carboxylic acids is 1. The van der Waals surface area contributed by atoms with Gasteiger partial charge in [-0.15, -0.1) is 0 Å². The van der Waals surface area contributed by atoms with Crippen LogP contribution in [0.5, 0.6) is 0 Å². The van der Waals surface area contributed by atoms with E-state index < -0.39 is 7.26 Å². The highest BCUT2D eigenvalue weighted by molar-refractivity contribution is 7.96. The van der Waals surface area contributed by atoms with Gasteiger partial charge in [-0.05, 0) is 42.8 Å². The van der Waals surface area contributed by atoms with Crippen LogP contribution in [0.15, 0.2) is 91.0 Å². The summed E-state index contributed by atoms with van der Waals surface area (Å²) in [5, 5.41) is 3.58. The average Bonchev–Trinajstić information content (AvgIpc) is 2.68. The summed E-state index contributed by atoms with van der Waals surface area (Å²) >= 11 is 0. The van der Waals surface area contributed by atoms with Crippen LogP contribution in [0, 0.1) is 0 Å². The van der Waals surface area contributed by atoms with E-state index in [1.807, 2.05) is 54.6 Å². The van der Waals surface area contributed by atoms with E-state index in [0.717, 1.165) is 0 Å². The first-order valence-corrected chi connectivity index (χ1v) is 10.4. The summed E-state index contributed by atoms with van der Waals surface area (Å²) in [5.41, 5.74) is 5.70. The molecule has 25 heavy (non-hydrogen) atoms. The smallest absolute Gasteiger partial charge is 0.259 e. The Labute approximate surface area is 150 Å². The van der Waals surface area contributed by atoms with Crippen LogP contribution in [0.1, 0.15) is 13.3 Å². The molecule has 2 N–H and O–H groups in total. The summed E-state index contributed by atoms with van der Waals surface area (Å²) in [6.45, 7) is 2.05. The van der Waals surface area contributed by atoms with Gasteiger partial charge in [-0.2, -0.15) is 0 Å². The third-order valence-corrected chi connectivity index (χ3v) is 9.57. The normalized spacial score (nSPS) is 12.5. The fraction of sp³-hybridized carbons (Fsp3) is 0.136. The van der Waals surface area contributed by atoms with Crippen LogP contribution in [-0.2, 0) is 4.79 Å². The SMILES string of the molecule is CCC(C(N)=O)[P+](c1ccccc1)(c1ccccc1)c1ccccc1. The third-order valence-electron chi connectivity index (χ3n) is 4.67. The van der Waals surface area contributed by atoms with Gasteiger partial charge in [0.05, 0.1) is 0 Å². The molecule has 0 saturated carbocycles. The molecule has 1 amide bonds. The summed E-state index contributed by atoms with van der Waals surface area (Å²) in [4.78, 5) is 12.5. The van der Waals surface area contributed by atoms with Crippen LogP contribution in [0.3, 0.4) is 0 Å². The lowest BCUT2D eigenvalue weighted by atomic mass is 10.3. The molecular weight excluding hydrogens is 325 g/mol. The number of hydrogen-bond acceptors (Lipinski definition) is 1. The molecule has 0 spiro atoms. The molecule has 0 saturated heterocycles. The molecule has 0 bridgehead atoms. The Hall–Kier alpha value is -2.44. The van der Waals surface area contributed by atoms with E-state index in [2.05, 4.69) is 43.3 Å². The standard InChI is InChI=1S/C22H22NOP/c1-2-21(22(23)24)25(18-12-6-3-7-13-18,19-14-8-4-9-15-19)20-16-10-5-11-17-20/h3-17,21H,2H2,1H3,(H-,23,24)/p+1. The summed E-state index contributed by atoms with van der Waals surface area (Å²) in [6.07, 6.45) is 0.710. The monoisotopic (exact) mass is 348 g/mol. The highest BCUT2D eigenvalue weighted by Crippen LogP contribution is 2.60. The van der Waals surface area contributed by atoms with E-state index >= 15 is 0 Å². The largest absolute Gasteiger partial charge is 0.366 e. The molecular formula is C22H23NOP+. The number of nitrogens with two attached hydrogens (primary N) is 1. The first-order chi connectivity index (χ1) is 12.2. The van der Waals surface area contributed by atoms with Crippen molar-refractivity contribution < 1.29 is 4.79 Å². The van der Waals surface area contributed by atoms with Crippen LogP contribution in [0.4, 0.5) is 0 Å². The fourth-order valence-corrected chi connectivity index (χ4v) is 8.47. The van der Waals surface area contributed by atoms with Gasteiger partial charge in [0.2, 0.25) is 0 Å². The van der Waals surface area contributed by atoms with E-state index in [4.69, 9.17) is 5.73 Å². The number of amides is 1. The van der Waals surface area contributed by atoms with E-state index in [9.17, 15) is 4.79 Å². The van der Waals surface area contributed by atoms with Crippen molar-refractivity contribution in [3.8, 4) is 0 Å². The predicted octanol–water partition coefficient (Wildman–Crippen LogP) is 3.24. The molecule has 3 heteroatoms. The van der Waals surface area contributed by atoms with Crippen molar-refractivity contribution >= 4 is 29.1 Å². The molecule has 0 aliphatic heterocycles. The number of carbonyl (C=O) groups is 1. The Morgan fingerprint density at radius 2 is 1.08 bits per heavy atom. The van der Waals surface area contributed by atoms with Crippen molar-refractivity contribution in [1.82, 2.24) is 0 Å². The molecule has 1 unspecified atom stereocenters. The molecule has 0 aliphatic rings. The quantitative estimate of drug-likeness (QED) is 0.683. The summed E-state index contributed by atoms with van der Waals surface area (Å²) in [6, 6.07) is 31.1. The molecule has 1 atom stereocenters. The van der Waals surface area contributed by atoms with E-state index in [0.29, 0.717) is 6.42 Å². The summed E-state index contributed by atoms with van der Waals surface area (Å²) < 4.78 is 0. The number of primary amides is 1. The van der Waals surface area contributed by atoms with Crippen LogP contribution in [0.2, 0.25) is 0 Å². The van der Waals surface area contributed by atoms with Gasteiger partial charge in [-0.1, -0.05) is 61.5 Å². The minimum absolute atomic E-state index is 0.229. The maximum Gasteiger partial charge on any atom is 0.259 e. The lowest BCUT2D eigenvalue weighted by Gasteiger charge is -2.32. The summed E-state index contributed by atoms with van der Waals surface area (Å²) in [5.74, 6) is -0.229. The van der Waals surface area contributed by atoms with Crippen LogP contribution in [-0.4, -0.2) is 11.6 Å². The highest BCUT2D eigenvalue weighted by Gasteiger charge is 2.54. The van der Waals surface area contributed by atoms with Crippen molar-refractivity contribution in [3.63, 3.8) is 0 Å². The zero-order valence-electron chi connectivity index (χ0n) is 14.4. The lowest BCUT2D eigenvalue weighted by Crippen LogP contribution is -2.44. The minimum Gasteiger partial charge on any atom is -0.366 e. The molecule has 0 aliphatic carbocycles. The van der Waals surface area contributed by atoms with Crippen LogP contribution < -0.4 is 21.6 Å². The molecule has 0 radical (unpaired) electrons. The molecule has 3 aromatic carbocycles. The van der Waals surface area contributed by atoms with Gasteiger partial charge in [-0.25, -0.2) is 0 Å². The molecule has 126 valence electrons. The van der Waals surface area contributed by atoms with Crippen molar-refractivity contribution in [2.45, 2.75) is 19.0 Å². The first-order valence-electron chi connectivity index (χ1n) is 8.56. The maximum absolute atomic E-state index is 12.5. The first kappa shape index (κ1) is 17.4.